The molecular weight excluding hydrogens is 252 g/mol. The summed E-state index contributed by atoms with van der Waals surface area (Å²) in [6.45, 7) is 6.01. The number of methoxy groups -OCH3 is 1. The van der Waals surface area contributed by atoms with Crippen molar-refractivity contribution in [1.29, 1.82) is 0 Å². The van der Waals surface area contributed by atoms with Crippen LogP contribution in [0.3, 0.4) is 0 Å². The average molecular weight is 266 g/mol. The first-order valence-electron chi connectivity index (χ1n) is 5.55. The van der Waals surface area contributed by atoms with E-state index in [1.54, 1.807) is 17.9 Å². The van der Waals surface area contributed by atoms with Gasteiger partial charge in [-0.15, -0.1) is 6.58 Å². The molecule has 0 spiro atoms. The van der Waals surface area contributed by atoms with E-state index in [9.17, 15) is 9.59 Å². The Kier molecular flexibility index (Phi) is 3.47. The number of nitrogens with zero attached hydrogens (tertiary/aromatic N) is 2. The predicted octanol–water partition coefficient (Wildman–Crippen LogP) is 1.78. The molecule has 0 radical (unpaired) electrons. The lowest BCUT2D eigenvalue weighted by Crippen LogP contribution is -2.24. The number of anilines is 1. The number of aromatic nitrogens is 1. The smallest absolute Gasteiger partial charge is 0.350 e. The highest BCUT2D eigenvalue weighted by Crippen LogP contribution is 2.31. The minimum absolute atomic E-state index is 0.0186. The quantitative estimate of drug-likeness (QED) is 0.618. The zero-order valence-corrected chi connectivity index (χ0v) is 11.1. The van der Waals surface area contributed by atoms with Gasteiger partial charge in [-0.05, 0) is 6.92 Å². The topological polar surface area (TPSA) is 59.5 Å². The van der Waals surface area contributed by atoms with E-state index < -0.39 is 5.97 Å². The van der Waals surface area contributed by atoms with Crippen LogP contribution in [0.2, 0.25) is 0 Å². The summed E-state index contributed by atoms with van der Waals surface area (Å²) in [5.74, 6) is -0.239. The average Bonchev–Trinajstić information content (AvgIpc) is 2.91. The summed E-state index contributed by atoms with van der Waals surface area (Å²) in [7, 11) is 1.33. The Morgan fingerprint density at radius 1 is 1.67 bits per heavy atom. The fourth-order valence-corrected chi connectivity index (χ4v) is 2.87. The van der Waals surface area contributed by atoms with Crippen LogP contribution in [0.1, 0.15) is 21.8 Å². The molecule has 0 bridgehead atoms. The third-order valence-electron chi connectivity index (χ3n) is 2.88. The normalized spacial score (nSPS) is 19.1. The number of carbonyl (C=O) groups is 2. The Morgan fingerprint density at radius 3 is 2.94 bits per heavy atom. The summed E-state index contributed by atoms with van der Waals surface area (Å²) in [5, 5.41) is 0.558. The third-order valence-corrected chi connectivity index (χ3v) is 4.04. The molecule has 0 aromatic carbocycles. The molecule has 1 aliphatic heterocycles. The van der Waals surface area contributed by atoms with Gasteiger partial charge in [-0.25, -0.2) is 9.78 Å². The van der Waals surface area contributed by atoms with E-state index in [0.717, 1.165) is 0 Å². The van der Waals surface area contributed by atoms with Crippen LogP contribution in [0.4, 0.5) is 5.13 Å². The molecule has 5 nitrogen and oxygen atoms in total. The number of rotatable bonds is 3. The first-order valence-corrected chi connectivity index (χ1v) is 6.37. The molecule has 1 saturated heterocycles. The van der Waals surface area contributed by atoms with Crippen LogP contribution in [0.5, 0.6) is 0 Å². The molecule has 18 heavy (non-hydrogen) atoms. The van der Waals surface area contributed by atoms with E-state index >= 15 is 0 Å². The maximum Gasteiger partial charge on any atom is 0.350 e. The standard InChI is InChI=1S/C12H14N2O3S/c1-4-8-5-9(15)14(6-8)12-13-7(2)10(18-12)11(16)17-3/h4,8H,1,5-6H2,2-3H3. The Balaban J connectivity index is 2.27. The van der Waals surface area contributed by atoms with E-state index in [2.05, 4.69) is 16.3 Å². The van der Waals surface area contributed by atoms with Gasteiger partial charge in [0.2, 0.25) is 5.91 Å². The summed E-state index contributed by atoms with van der Waals surface area (Å²) >= 11 is 1.19. The highest BCUT2D eigenvalue weighted by Gasteiger charge is 2.31. The summed E-state index contributed by atoms with van der Waals surface area (Å²) in [4.78, 5) is 29.6. The van der Waals surface area contributed by atoms with Crippen molar-refractivity contribution in [2.75, 3.05) is 18.6 Å². The molecule has 1 aromatic heterocycles. The highest BCUT2D eigenvalue weighted by atomic mass is 32.1. The van der Waals surface area contributed by atoms with Crippen molar-refractivity contribution in [3.63, 3.8) is 0 Å². The fraction of sp³-hybridized carbons (Fsp3) is 0.417. The van der Waals surface area contributed by atoms with Crippen molar-refractivity contribution >= 4 is 28.3 Å². The van der Waals surface area contributed by atoms with Crippen molar-refractivity contribution in [1.82, 2.24) is 4.98 Å². The second-order valence-electron chi connectivity index (χ2n) is 4.11. The molecule has 6 heteroatoms. The predicted molar refractivity (Wildman–Crippen MR) is 68.8 cm³/mol. The monoisotopic (exact) mass is 266 g/mol. The molecule has 1 unspecified atom stereocenters. The Labute approximate surface area is 109 Å². The van der Waals surface area contributed by atoms with Gasteiger partial charge in [-0.2, -0.15) is 0 Å². The van der Waals surface area contributed by atoms with Crippen LogP contribution in [-0.2, 0) is 9.53 Å². The molecule has 1 aromatic rings. The molecule has 0 aliphatic carbocycles. The van der Waals surface area contributed by atoms with Crippen molar-refractivity contribution < 1.29 is 14.3 Å². The number of thiazole rings is 1. The molecule has 0 saturated carbocycles. The van der Waals surface area contributed by atoms with E-state index in [1.165, 1.54) is 18.4 Å². The number of ether oxygens (including phenoxy) is 1. The zero-order chi connectivity index (χ0) is 13.3. The van der Waals surface area contributed by atoms with Gasteiger partial charge in [0, 0.05) is 18.9 Å². The third kappa shape index (κ3) is 2.15. The zero-order valence-electron chi connectivity index (χ0n) is 10.3. The molecule has 1 amide bonds. The summed E-state index contributed by atoms with van der Waals surface area (Å²) in [5.41, 5.74) is 0.594. The van der Waals surface area contributed by atoms with Crippen molar-refractivity contribution in [3.05, 3.63) is 23.2 Å². The summed E-state index contributed by atoms with van der Waals surface area (Å²) in [6.07, 6.45) is 2.23. The number of carbonyl (C=O) groups excluding carboxylic acids is 2. The largest absolute Gasteiger partial charge is 0.465 e. The minimum Gasteiger partial charge on any atom is -0.465 e. The van der Waals surface area contributed by atoms with Crippen LogP contribution in [0.15, 0.2) is 12.7 Å². The molecule has 1 fully saturated rings. The second-order valence-corrected chi connectivity index (χ2v) is 5.08. The van der Waals surface area contributed by atoms with Crippen LogP contribution < -0.4 is 4.90 Å². The fourth-order valence-electron chi connectivity index (χ4n) is 1.86. The highest BCUT2D eigenvalue weighted by molar-refractivity contribution is 7.17. The SMILES string of the molecule is C=CC1CC(=O)N(c2nc(C)c(C(=O)OC)s2)C1. The maximum atomic E-state index is 11.8. The molecule has 1 aliphatic rings. The van der Waals surface area contributed by atoms with Crippen LogP contribution in [-0.4, -0.2) is 30.5 Å². The van der Waals surface area contributed by atoms with E-state index in [1.807, 2.05) is 0 Å². The second kappa shape index (κ2) is 4.89. The first kappa shape index (κ1) is 12.8. The molecule has 0 N–H and O–H groups in total. The van der Waals surface area contributed by atoms with Gasteiger partial charge in [-0.1, -0.05) is 17.4 Å². The number of esters is 1. The van der Waals surface area contributed by atoms with Gasteiger partial charge in [-0.3, -0.25) is 9.69 Å². The molecule has 2 heterocycles. The Bertz CT molecular complexity index is 509. The van der Waals surface area contributed by atoms with Crippen molar-refractivity contribution in [2.24, 2.45) is 5.92 Å². The van der Waals surface area contributed by atoms with Crippen LogP contribution in [0, 0.1) is 12.8 Å². The van der Waals surface area contributed by atoms with Gasteiger partial charge in [0.1, 0.15) is 4.88 Å². The number of hydrogen-bond acceptors (Lipinski definition) is 5. The van der Waals surface area contributed by atoms with Crippen LogP contribution in [0.25, 0.3) is 0 Å². The number of aryl methyl sites for hydroxylation is 1. The van der Waals surface area contributed by atoms with E-state index in [0.29, 0.717) is 28.7 Å². The number of amides is 1. The van der Waals surface area contributed by atoms with E-state index in [-0.39, 0.29) is 11.8 Å². The molecular formula is C12H14N2O3S. The van der Waals surface area contributed by atoms with Crippen molar-refractivity contribution in [2.45, 2.75) is 13.3 Å². The lowest BCUT2D eigenvalue weighted by Gasteiger charge is -2.11. The van der Waals surface area contributed by atoms with Gasteiger partial charge < -0.3 is 4.74 Å². The Morgan fingerprint density at radius 2 is 2.39 bits per heavy atom. The summed E-state index contributed by atoms with van der Waals surface area (Å²) in [6, 6.07) is 0. The summed E-state index contributed by atoms with van der Waals surface area (Å²) < 4.78 is 4.67. The van der Waals surface area contributed by atoms with Gasteiger partial charge in [0.25, 0.3) is 0 Å². The van der Waals surface area contributed by atoms with Gasteiger partial charge in [0.15, 0.2) is 5.13 Å². The van der Waals surface area contributed by atoms with Gasteiger partial charge >= 0.3 is 5.97 Å². The Hall–Kier alpha value is -1.69. The first-order chi connectivity index (χ1) is 8.56. The lowest BCUT2D eigenvalue weighted by molar-refractivity contribution is -0.117. The van der Waals surface area contributed by atoms with E-state index in [4.69, 9.17) is 0 Å². The maximum absolute atomic E-state index is 11.8. The van der Waals surface area contributed by atoms with Crippen molar-refractivity contribution in [3.8, 4) is 0 Å². The molecule has 96 valence electrons. The van der Waals surface area contributed by atoms with Gasteiger partial charge in [0.05, 0.1) is 12.8 Å². The minimum atomic E-state index is -0.414. The molecule has 1 atom stereocenters. The van der Waals surface area contributed by atoms with Crippen LogP contribution >= 0.6 is 11.3 Å². The lowest BCUT2D eigenvalue weighted by atomic mass is 10.1. The molecule has 2 rings (SSSR count). The number of hydrogen-bond donors (Lipinski definition) is 0.